The number of benzene rings is 1. The van der Waals surface area contributed by atoms with Gasteiger partial charge in [0.05, 0.1) is 43.5 Å². The smallest absolute Gasteiger partial charge is 0.307 e. The van der Waals surface area contributed by atoms with Gasteiger partial charge < -0.3 is 24.3 Å². The molecule has 34 heavy (non-hydrogen) atoms. The fourth-order valence-corrected chi connectivity index (χ4v) is 4.92. The summed E-state index contributed by atoms with van der Waals surface area (Å²) in [6.45, 7) is 6.00. The standard InChI is InChI=1S/C26H33N3O5/c1-3-21(18-9-6-5-7-10-18)27-25(31)20-16-22(29-13-14-33-17-23(20)29)26(32)28-12-8-11-19(28)15-24(30)34-4-2/h5-7,9-10,16,19,21H,3-4,8,11-15,17H2,1-2H3,(H,27,31). The van der Waals surface area contributed by atoms with Crippen LogP contribution in [0.25, 0.3) is 0 Å². The van der Waals surface area contributed by atoms with Crippen molar-refractivity contribution < 1.29 is 23.9 Å². The number of aromatic nitrogens is 1. The predicted octanol–water partition coefficient (Wildman–Crippen LogP) is 3.46. The summed E-state index contributed by atoms with van der Waals surface area (Å²) in [5, 5.41) is 3.13. The van der Waals surface area contributed by atoms with Crippen molar-refractivity contribution in [2.24, 2.45) is 0 Å². The van der Waals surface area contributed by atoms with Crippen LogP contribution in [-0.2, 0) is 27.4 Å². The van der Waals surface area contributed by atoms with E-state index in [1.807, 2.05) is 41.8 Å². The van der Waals surface area contributed by atoms with Gasteiger partial charge in [-0.3, -0.25) is 14.4 Å². The molecule has 8 heteroatoms. The first-order valence-corrected chi connectivity index (χ1v) is 12.2. The van der Waals surface area contributed by atoms with Crippen LogP contribution in [0, 0.1) is 0 Å². The molecule has 4 rings (SSSR count). The highest BCUT2D eigenvalue weighted by Crippen LogP contribution is 2.28. The van der Waals surface area contributed by atoms with Crippen LogP contribution in [0.3, 0.4) is 0 Å². The molecule has 1 saturated heterocycles. The van der Waals surface area contributed by atoms with Gasteiger partial charge >= 0.3 is 5.97 Å². The minimum atomic E-state index is -0.288. The molecule has 2 amide bonds. The number of nitrogens with one attached hydrogen (secondary N) is 1. The molecule has 1 fully saturated rings. The van der Waals surface area contributed by atoms with Gasteiger partial charge in [-0.2, -0.15) is 0 Å². The van der Waals surface area contributed by atoms with Gasteiger partial charge in [0.25, 0.3) is 11.8 Å². The second kappa shape index (κ2) is 10.9. The number of nitrogens with zero attached hydrogens (tertiary/aromatic N) is 2. The molecular formula is C26H33N3O5. The number of ether oxygens (including phenoxy) is 2. The van der Waals surface area contributed by atoms with E-state index in [-0.39, 0.29) is 42.9 Å². The number of carbonyl (C=O) groups is 3. The molecule has 2 aliphatic heterocycles. The van der Waals surface area contributed by atoms with Gasteiger partial charge in [0.15, 0.2) is 0 Å². The zero-order chi connectivity index (χ0) is 24.1. The van der Waals surface area contributed by atoms with Crippen molar-refractivity contribution in [3.8, 4) is 0 Å². The second-order valence-corrected chi connectivity index (χ2v) is 8.74. The van der Waals surface area contributed by atoms with E-state index in [0.717, 1.165) is 30.5 Å². The van der Waals surface area contributed by atoms with E-state index in [0.29, 0.717) is 37.6 Å². The van der Waals surface area contributed by atoms with Crippen LogP contribution in [-0.4, -0.2) is 53.1 Å². The Labute approximate surface area is 200 Å². The van der Waals surface area contributed by atoms with Crippen molar-refractivity contribution in [2.45, 2.75) is 64.8 Å². The van der Waals surface area contributed by atoms with Gasteiger partial charge in [-0.15, -0.1) is 0 Å². The highest BCUT2D eigenvalue weighted by molar-refractivity contribution is 6.01. The average Bonchev–Trinajstić information content (AvgIpc) is 3.47. The van der Waals surface area contributed by atoms with Crippen LogP contribution < -0.4 is 5.32 Å². The van der Waals surface area contributed by atoms with Gasteiger partial charge in [-0.05, 0) is 37.8 Å². The summed E-state index contributed by atoms with van der Waals surface area (Å²) < 4.78 is 12.6. The maximum absolute atomic E-state index is 13.6. The number of esters is 1. The third kappa shape index (κ3) is 5.01. The van der Waals surface area contributed by atoms with Crippen LogP contribution in [0.2, 0.25) is 0 Å². The third-order valence-corrected chi connectivity index (χ3v) is 6.63. The van der Waals surface area contributed by atoms with E-state index in [4.69, 9.17) is 9.47 Å². The molecule has 2 unspecified atom stereocenters. The first kappa shape index (κ1) is 24.0. The molecule has 3 heterocycles. The SMILES string of the molecule is CCOC(=O)CC1CCCN1C(=O)c1cc(C(=O)NC(CC)c2ccccc2)c2n1CCOC2. The highest BCUT2D eigenvalue weighted by Gasteiger charge is 2.35. The average molecular weight is 468 g/mol. The Hall–Kier alpha value is -3.13. The van der Waals surface area contributed by atoms with Crippen molar-refractivity contribution >= 4 is 17.8 Å². The van der Waals surface area contributed by atoms with Crippen LogP contribution in [0.5, 0.6) is 0 Å². The molecule has 2 atom stereocenters. The molecule has 1 N–H and O–H groups in total. The molecule has 0 aliphatic carbocycles. The minimum Gasteiger partial charge on any atom is -0.466 e. The van der Waals surface area contributed by atoms with E-state index < -0.39 is 0 Å². The number of carbonyl (C=O) groups excluding carboxylic acids is 3. The maximum Gasteiger partial charge on any atom is 0.307 e. The fraction of sp³-hybridized carbons (Fsp3) is 0.500. The van der Waals surface area contributed by atoms with Crippen LogP contribution in [0.15, 0.2) is 36.4 Å². The number of fused-ring (bicyclic) bond motifs is 1. The van der Waals surface area contributed by atoms with E-state index in [9.17, 15) is 14.4 Å². The molecular weight excluding hydrogens is 434 g/mol. The zero-order valence-corrected chi connectivity index (χ0v) is 19.9. The monoisotopic (exact) mass is 467 g/mol. The summed E-state index contributed by atoms with van der Waals surface area (Å²) in [5.41, 5.74) is 2.71. The molecule has 0 spiro atoms. The molecule has 0 bridgehead atoms. The number of rotatable bonds is 8. The predicted molar refractivity (Wildman–Crippen MR) is 126 cm³/mol. The Morgan fingerprint density at radius 1 is 1.18 bits per heavy atom. The summed E-state index contributed by atoms with van der Waals surface area (Å²) in [6.07, 6.45) is 2.55. The molecule has 0 saturated carbocycles. The Kier molecular flexibility index (Phi) is 7.67. The summed E-state index contributed by atoms with van der Waals surface area (Å²) in [5.74, 6) is -0.651. The van der Waals surface area contributed by atoms with E-state index in [1.54, 1.807) is 17.9 Å². The Morgan fingerprint density at radius 3 is 2.71 bits per heavy atom. The Morgan fingerprint density at radius 2 is 1.97 bits per heavy atom. The molecule has 1 aromatic heterocycles. The Balaban J connectivity index is 1.57. The highest BCUT2D eigenvalue weighted by atomic mass is 16.5. The molecule has 2 aromatic rings. The van der Waals surface area contributed by atoms with Gasteiger partial charge in [-0.1, -0.05) is 37.3 Å². The van der Waals surface area contributed by atoms with Gasteiger partial charge in [0, 0.05) is 19.1 Å². The lowest BCUT2D eigenvalue weighted by Gasteiger charge is -2.26. The summed E-state index contributed by atoms with van der Waals surface area (Å²) in [7, 11) is 0. The topological polar surface area (TPSA) is 89.9 Å². The van der Waals surface area contributed by atoms with Crippen LogP contribution >= 0.6 is 0 Å². The number of amides is 2. The summed E-state index contributed by atoms with van der Waals surface area (Å²) in [4.78, 5) is 40.7. The molecule has 8 nitrogen and oxygen atoms in total. The van der Waals surface area contributed by atoms with Crippen LogP contribution in [0.1, 0.15) is 77.7 Å². The van der Waals surface area contributed by atoms with Gasteiger partial charge in [0.1, 0.15) is 5.69 Å². The fourth-order valence-electron chi connectivity index (χ4n) is 4.92. The number of hydrogen-bond acceptors (Lipinski definition) is 5. The van der Waals surface area contributed by atoms with Crippen LogP contribution in [0.4, 0.5) is 0 Å². The number of hydrogen-bond donors (Lipinski definition) is 1. The molecule has 182 valence electrons. The summed E-state index contributed by atoms with van der Waals surface area (Å²) in [6, 6.07) is 11.2. The van der Waals surface area contributed by atoms with Crippen molar-refractivity contribution in [1.29, 1.82) is 0 Å². The van der Waals surface area contributed by atoms with E-state index >= 15 is 0 Å². The van der Waals surface area contributed by atoms with Crippen molar-refractivity contribution in [1.82, 2.24) is 14.8 Å². The maximum atomic E-state index is 13.6. The van der Waals surface area contributed by atoms with E-state index in [1.165, 1.54) is 0 Å². The zero-order valence-electron chi connectivity index (χ0n) is 19.9. The normalized spacial score (nSPS) is 18.3. The van der Waals surface area contributed by atoms with Crippen molar-refractivity contribution in [3.05, 3.63) is 58.9 Å². The Bertz CT molecular complexity index is 1030. The largest absolute Gasteiger partial charge is 0.466 e. The first-order chi connectivity index (χ1) is 16.5. The third-order valence-electron chi connectivity index (χ3n) is 6.63. The second-order valence-electron chi connectivity index (χ2n) is 8.74. The lowest BCUT2D eigenvalue weighted by atomic mass is 10.0. The van der Waals surface area contributed by atoms with Crippen molar-refractivity contribution in [2.75, 3.05) is 19.8 Å². The van der Waals surface area contributed by atoms with Gasteiger partial charge in [-0.25, -0.2) is 0 Å². The molecule has 1 aromatic carbocycles. The van der Waals surface area contributed by atoms with E-state index in [2.05, 4.69) is 5.32 Å². The first-order valence-electron chi connectivity index (χ1n) is 12.2. The summed E-state index contributed by atoms with van der Waals surface area (Å²) >= 11 is 0. The lowest BCUT2D eigenvalue weighted by Crippen LogP contribution is -2.38. The minimum absolute atomic E-state index is 0.125. The quantitative estimate of drug-likeness (QED) is 0.601. The van der Waals surface area contributed by atoms with Gasteiger partial charge in [0.2, 0.25) is 0 Å². The van der Waals surface area contributed by atoms with Crippen molar-refractivity contribution in [3.63, 3.8) is 0 Å². The number of likely N-dealkylation sites (tertiary alicyclic amines) is 1. The molecule has 2 aliphatic rings. The lowest BCUT2D eigenvalue weighted by molar-refractivity contribution is -0.144. The molecule has 0 radical (unpaired) electrons.